The SMILES string of the molecule is CCOC1CCN(C(C)C)[C@@H]1C(=O)NC(=O)[C@@H](NCC(=O)C=O)C(C)C. The van der Waals surface area contributed by atoms with Crippen molar-refractivity contribution >= 4 is 23.9 Å². The van der Waals surface area contributed by atoms with E-state index in [4.69, 9.17) is 4.74 Å². The second kappa shape index (κ2) is 10.5. The molecular weight excluding hydrogens is 338 g/mol. The van der Waals surface area contributed by atoms with E-state index in [-0.39, 0.29) is 30.9 Å². The Morgan fingerprint density at radius 1 is 1.23 bits per heavy atom. The van der Waals surface area contributed by atoms with Gasteiger partial charge in [0.2, 0.25) is 17.6 Å². The van der Waals surface area contributed by atoms with Gasteiger partial charge in [0, 0.05) is 19.2 Å². The maximum Gasteiger partial charge on any atom is 0.246 e. The third-order valence-electron chi connectivity index (χ3n) is 4.52. The van der Waals surface area contributed by atoms with Crippen molar-refractivity contribution in [1.29, 1.82) is 0 Å². The fourth-order valence-electron chi connectivity index (χ4n) is 3.23. The number of carbonyl (C=O) groups excluding carboxylic acids is 4. The van der Waals surface area contributed by atoms with Gasteiger partial charge < -0.3 is 4.74 Å². The molecule has 1 unspecified atom stereocenters. The number of ether oxygens (including phenoxy) is 1. The zero-order valence-corrected chi connectivity index (χ0v) is 16.3. The Hall–Kier alpha value is -1.64. The van der Waals surface area contributed by atoms with Gasteiger partial charge in [0.05, 0.1) is 18.7 Å². The fourth-order valence-corrected chi connectivity index (χ4v) is 3.23. The lowest BCUT2D eigenvalue weighted by Crippen LogP contribution is -2.56. The number of hydrogen-bond donors (Lipinski definition) is 2. The minimum absolute atomic E-state index is 0.149. The summed E-state index contributed by atoms with van der Waals surface area (Å²) in [5.74, 6) is -1.70. The van der Waals surface area contributed by atoms with E-state index in [1.165, 1.54) is 0 Å². The summed E-state index contributed by atoms with van der Waals surface area (Å²) in [5, 5.41) is 5.20. The van der Waals surface area contributed by atoms with Gasteiger partial charge in [-0.05, 0) is 33.1 Å². The number of carbonyl (C=O) groups is 4. The Morgan fingerprint density at radius 2 is 1.88 bits per heavy atom. The summed E-state index contributed by atoms with van der Waals surface area (Å²) in [6.07, 6.45) is 0.689. The van der Waals surface area contributed by atoms with Crippen LogP contribution in [0, 0.1) is 5.92 Å². The molecule has 0 radical (unpaired) electrons. The highest BCUT2D eigenvalue weighted by Crippen LogP contribution is 2.23. The Balaban J connectivity index is 2.81. The Kier molecular flexibility index (Phi) is 9.04. The summed E-state index contributed by atoms with van der Waals surface area (Å²) in [6, 6.07) is -1.12. The zero-order valence-electron chi connectivity index (χ0n) is 16.3. The minimum atomic E-state index is -0.748. The Morgan fingerprint density at radius 3 is 2.38 bits per heavy atom. The summed E-state index contributed by atoms with van der Waals surface area (Å²) in [5.41, 5.74) is 0. The largest absolute Gasteiger partial charge is 0.376 e. The molecule has 3 atom stereocenters. The molecule has 148 valence electrons. The van der Waals surface area contributed by atoms with Crippen molar-refractivity contribution in [2.75, 3.05) is 19.7 Å². The molecule has 1 aliphatic heterocycles. The van der Waals surface area contributed by atoms with Gasteiger partial charge in [-0.2, -0.15) is 0 Å². The first-order chi connectivity index (χ1) is 12.2. The number of aldehydes is 1. The van der Waals surface area contributed by atoms with Gasteiger partial charge in [-0.1, -0.05) is 13.8 Å². The van der Waals surface area contributed by atoms with E-state index >= 15 is 0 Å². The van der Waals surface area contributed by atoms with E-state index in [1.54, 1.807) is 13.8 Å². The van der Waals surface area contributed by atoms with Crippen LogP contribution in [0.2, 0.25) is 0 Å². The van der Waals surface area contributed by atoms with Crippen LogP contribution in [-0.4, -0.2) is 72.7 Å². The number of amides is 2. The number of nitrogens with zero attached hydrogens (tertiary/aromatic N) is 1. The molecule has 1 aliphatic rings. The summed E-state index contributed by atoms with van der Waals surface area (Å²) in [7, 11) is 0. The van der Waals surface area contributed by atoms with Gasteiger partial charge >= 0.3 is 0 Å². The minimum Gasteiger partial charge on any atom is -0.376 e. The van der Waals surface area contributed by atoms with Crippen LogP contribution in [0.3, 0.4) is 0 Å². The second-order valence-corrected chi connectivity index (χ2v) is 7.10. The molecule has 1 heterocycles. The van der Waals surface area contributed by atoms with Gasteiger partial charge in [0.1, 0.15) is 6.04 Å². The van der Waals surface area contributed by atoms with Gasteiger partial charge in [0.15, 0.2) is 6.29 Å². The zero-order chi connectivity index (χ0) is 19.9. The molecule has 0 saturated carbocycles. The number of rotatable bonds is 10. The van der Waals surface area contributed by atoms with Crippen LogP contribution in [0.25, 0.3) is 0 Å². The molecule has 0 aromatic rings. The molecule has 1 fully saturated rings. The van der Waals surface area contributed by atoms with Crippen LogP contribution in [0.1, 0.15) is 41.0 Å². The van der Waals surface area contributed by atoms with Crippen LogP contribution >= 0.6 is 0 Å². The molecule has 0 spiro atoms. The number of nitrogens with one attached hydrogen (secondary N) is 2. The summed E-state index contributed by atoms with van der Waals surface area (Å²) < 4.78 is 5.69. The monoisotopic (exact) mass is 369 g/mol. The van der Waals surface area contributed by atoms with Crippen molar-refractivity contribution in [3.05, 3.63) is 0 Å². The summed E-state index contributed by atoms with van der Waals surface area (Å²) >= 11 is 0. The van der Waals surface area contributed by atoms with Crippen LogP contribution in [-0.2, 0) is 23.9 Å². The molecule has 2 N–H and O–H groups in total. The third-order valence-corrected chi connectivity index (χ3v) is 4.52. The van der Waals surface area contributed by atoms with E-state index in [9.17, 15) is 19.2 Å². The van der Waals surface area contributed by atoms with E-state index in [1.807, 2.05) is 25.7 Å². The second-order valence-electron chi connectivity index (χ2n) is 7.10. The Bertz CT molecular complexity index is 521. The van der Waals surface area contributed by atoms with E-state index < -0.39 is 29.7 Å². The number of Topliss-reactive ketones (excluding diaryl/α,β-unsaturated/α-hetero) is 1. The predicted molar refractivity (Wildman–Crippen MR) is 96.5 cm³/mol. The van der Waals surface area contributed by atoms with Crippen molar-refractivity contribution < 1.29 is 23.9 Å². The van der Waals surface area contributed by atoms with Gasteiger partial charge in [-0.25, -0.2) is 0 Å². The average Bonchev–Trinajstić information content (AvgIpc) is 2.98. The molecule has 0 aliphatic carbocycles. The molecule has 1 saturated heterocycles. The van der Waals surface area contributed by atoms with E-state index in [2.05, 4.69) is 10.6 Å². The highest BCUT2D eigenvalue weighted by Gasteiger charge is 2.42. The smallest absolute Gasteiger partial charge is 0.246 e. The maximum atomic E-state index is 12.8. The van der Waals surface area contributed by atoms with Crippen molar-refractivity contribution in [3.63, 3.8) is 0 Å². The highest BCUT2D eigenvalue weighted by molar-refractivity contribution is 6.26. The van der Waals surface area contributed by atoms with Gasteiger partial charge in [-0.15, -0.1) is 0 Å². The normalized spacial score (nSPS) is 21.8. The van der Waals surface area contributed by atoms with Crippen molar-refractivity contribution in [2.24, 2.45) is 5.92 Å². The van der Waals surface area contributed by atoms with Crippen molar-refractivity contribution in [2.45, 2.75) is 65.3 Å². The third kappa shape index (κ3) is 5.96. The summed E-state index contributed by atoms with van der Waals surface area (Å²) in [4.78, 5) is 49.0. The lowest BCUT2D eigenvalue weighted by molar-refractivity contribution is -0.137. The van der Waals surface area contributed by atoms with Gasteiger partial charge in [-0.3, -0.25) is 34.7 Å². The lowest BCUT2D eigenvalue weighted by atomic mass is 10.0. The van der Waals surface area contributed by atoms with Crippen LogP contribution in [0.15, 0.2) is 0 Å². The number of ketones is 1. The maximum absolute atomic E-state index is 12.8. The predicted octanol–water partition coefficient (Wildman–Crippen LogP) is -0.101. The summed E-state index contributed by atoms with van der Waals surface area (Å²) in [6.45, 7) is 10.5. The molecule has 0 bridgehead atoms. The molecule has 26 heavy (non-hydrogen) atoms. The number of imide groups is 1. The molecule has 8 nitrogen and oxygen atoms in total. The van der Waals surface area contributed by atoms with E-state index in [0.29, 0.717) is 6.61 Å². The standard InChI is InChI=1S/C18H31N3O5/c1-6-26-14-7-8-21(12(4)5)16(14)18(25)20-17(24)15(11(2)3)19-9-13(23)10-22/h10-12,14-16,19H,6-9H2,1-5H3,(H,20,24,25)/t14?,15-,16-/m0/s1. The molecule has 8 heteroatoms. The van der Waals surface area contributed by atoms with Crippen molar-refractivity contribution in [1.82, 2.24) is 15.5 Å². The van der Waals surface area contributed by atoms with Crippen LogP contribution in [0.4, 0.5) is 0 Å². The van der Waals surface area contributed by atoms with Crippen molar-refractivity contribution in [3.8, 4) is 0 Å². The first-order valence-electron chi connectivity index (χ1n) is 9.16. The number of hydrogen-bond acceptors (Lipinski definition) is 7. The van der Waals surface area contributed by atoms with Gasteiger partial charge in [0.25, 0.3) is 0 Å². The molecular formula is C18H31N3O5. The van der Waals surface area contributed by atoms with E-state index in [0.717, 1.165) is 13.0 Å². The Labute approximate surface area is 155 Å². The highest BCUT2D eigenvalue weighted by atomic mass is 16.5. The lowest BCUT2D eigenvalue weighted by Gasteiger charge is -2.30. The van der Waals surface area contributed by atoms with Crippen LogP contribution in [0.5, 0.6) is 0 Å². The quantitative estimate of drug-likeness (QED) is 0.409. The number of likely N-dealkylation sites (tertiary alicyclic amines) is 1. The topological polar surface area (TPSA) is 105 Å². The molecule has 1 rings (SSSR count). The van der Waals surface area contributed by atoms with Crippen LogP contribution < -0.4 is 10.6 Å². The molecule has 0 aromatic heterocycles. The molecule has 2 amide bonds. The fraction of sp³-hybridized carbons (Fsp3) is 0.778. The first kappa shape index (κ1) is 22.4. The average molecular weight is 369 g/mol. The first-order valence-corrected chi connectivity index (χ1v) is 9.16. The molecule has 0 aromatic carbocycles.